The molecule has 6 heteroatoms. The number of thiophene rings is 1. The Morgan fingerprint density at radius 1 is 1.57 bits per heavy atom. The fourth-order valence-corrected chi connectivity index (χ4v) is 2.05. The lowest BCUT2D eigenvalue weighted by Gasteiger charge is -1.90. The van der Waals surface area contributed by atoms with Crippen LogP contribution in [0, 0.1) is 0 Å². The monoisotopic (exact) mass is 229 g/mol. The standard InChI is InChI=1S/C8H4ClNO3S/c9-5-2-1-4(14-5)6-7(8(11)12)13-3-10-6/h1-3H,(H,11,12). The van der Waals surface area contributed by atoms with Crippen molar-refractivity contribution < 1.29 is 14.3 Å². The largest absolute Gasteiger partial charge is 0.475 e. The molecule has 0 amide bonds. The van der Waals surface area contributed by atoms with Crippen LogP contribution in [0.15, 0.2) is 22.9 Å². The van der Waals surface area contributed by atoms with Crippen LogP contribution in [-0.4, -0.2) is 16.1 Å². The first-order valence-electron chi connectivity index (χ1n) is 3.61. The Kier molecular flexibility index (Phi) is 2.26. The molecule has 0 aliphatic rings. The van der Waals surface area contributed by atoms with Crippen molar-refractivity contribution in [2.24, 2.45) is 0 Å². The Morgan fingerprint density at radius 2 is 2.36 bits per heavy atom. The number of aromatic nitrogens is 1. The predicted octanol–water partition coefficient (Wildman–Crippen LogP) is 2.75. The van der Waals surface area contributed by atoms with E-state index in [0.717, 1.165) is 6.39 Å². The van der Waals surface area contributed by atoms with Gasteiger partial charge in [0.15, 0.2) is 6.39 Å². The van der Waals surface area contributed by atoms with E-state index in [4.69, 9.17) is 21.1 Å². The van der Waals surface area contributed by atoms with Crippen molar-refractivity contribution in [2.45, 2.75) is 0 Å². The van der Waals surface area contributed by atoms with Gasteiger partial charge in [0.2, 0.25) is 5.76 Å². The number of carboxylic acid groups (broad SMARTS) is 1. The maximum absolute atomic E-state index is 10.7. The molecule has 2 aromatic rings. The first kappa shape index (κ1) is 9.23. The number of aromatic carboxylic acids is 1. The minimum Gasteiger partial charge on any atom is -0.475 e. The number of rotatable bonds is 2. The van der Waals surface area contributed by atoms with E-state index in [0.29, 0.717) is 14.9 Å². The minimum atomic E-state index is -1.14. The van der Waals surface area contributed by atoms with Crippen LogP contribution in [0.25, 0.3) is 10.6 Å². The van der Waals surface area contributed by atoms with Crippen LogP contribution >= 0.6 is 22.9 Å². The second-order valence-electron chi connectivity index (χ2n) is 2.44. The van der Waals surface area contributed by atoms with Gasteiger partial charge in [-0.2, -0.15) is 0 Å². The molecular formula is C8H4ClNO3S. The molecule has 4 nitrogen and oxygen atoms in total. The molecule has 14 heavy (non-hydrogen) atoms. The van der Waals surface area contributed by atoms with E-state index >= 15 is 0 Å². The highest BCUT2D eigenvalue weighted by molar-refractivity contribution is 7.19. The van der Waals surface area contributed by atoms with Crippen molar-refractivity contribution in [1.82, 2.24) is 4.98 Å². The zero-order chi connectivity index (χ0) is 10.1. The van der Waals surface area contributed by atoms with E-state index in [2.05, 4.69) is 4.98 Å². The van der Waals surface area contributed by atoms with Gasteiger partial charge in [-0.25, -0.2) is 9.78 Å². The summed E-state index contributed by atoms with van der Waals surface area (Å²) in [7, 11) is 0. The zero-order valence-electron chi connectivity index (χ0n) is 6.73. The SMILES string of the molecule is O=C(O)c1ocnc1-c1ccc(Cl)s1. The Labute approximate surface area is 87.8 Å². The Balaban J connectivity index is 2.51. The van der Waals surface area contributed by atoms with Gasteiger partial charge in [0.25, 0.3) is 0 Å². The van der Waals surface area contributed by atoms with Crippen molar-refractivity contribution in [3.63, 3.8) is 0 Å². The average molecular weight is 230 g/mol. The highest BCUT2D eigenvalue weighted by Gasteiger charge is 2.18. The molecule has 0 bridgehead atoms. The molecule has 72 valence electrons. The number of halogens is 1. The third-order valence-electron chi connectivity index (χ3n) is 1.57. The van der Waals surface area contributed by atoms with Gasteiger partial charge in [-0.05, 0) is 12.1 Å². The molecule has 0 radical (unpaired) electrons. The number of carboxylic acids is 1. The number of carbonyl (C=O) groups is 1. The number of nitrogens with zero attached hydrogens (tertiary/aromatic N) is 1. The maximum Gasteiger partial charge on any atom is 0.374 e. The summed E-state index contributed by atoms with van der Waals surface area (Å²) in [5.41, 5.74) is 0.314. The Bertz CT molecular complexity index is 476. The summed E-state index contributed by atoms with van der Waals surface area (Å²) >= 11 is 6.98. The third kappa shape index (κ3) is 1.51. The van der Waals surface area contributed by atoms with Crippen molar-refractivity contribution in [3.05, 3.63) is 28.6 Å². The van der Waals surface area contributed by atoms with Crippen molar-refractivity contribution in [1.29, 1.82) is 0 Å². The molecule has 0 atom stereocenters. The summed E-state index contributed by atoms with van der Waals surface area (Å²) < 4.78 is 5.33. The van der Waals surface area contributed by atoms with Gasteiger partial charge in [0.1, 0.15) is 5.69 Å². The van der Waals surface area contributed by atoms with Crippen LogP contribution in [0.4, 0.5) is 0 Å². The van der Waals surface area contributed by atoms with Gasteiger partial charge in [-0.3, -0.25) is 0 Å². The molecule has 2 rings (SSSR count). The van der Waals surface area contributed by atoms with Gasteiger partial charge >= 0.3 is 5.97 Å². The highest BCUT2D eigenvalue weighted by Crippen LogP contribution is 2.31. The molecule has 0 saturated heterocycles. The molecule has 2 heterocycles. The summed E-state index contributed by atoms with van der Waals surface area (Å²) in [6, 6.07) is 3.39. The van der Waals surface area contributed by atoms with E-state index in [1.807, 2.05) is 0 Å². The van der Waals surface area contributed by atoms with Gasteiger partial charge in [0.05, 0.1) is 9.21 Å². The van der Waals surface area contributed by atoms with Crippen LogP contribution < -0.4 is 0 Å². The van der Waals surface area contributed by atoms with Crippen LogP contribution in [0.3, 0.4) is 0 Å². The molecule has 0 aromatic carbocycles. The second-order valence-corrected chi connectivity index (χ2v) is 4.15. The fraction of sp³-hybridized carbons (Fsp3) is 0. The topological polar surface area (TPSA) is 63.3 Å². The molecular weight excluding hydrogens is 226 g/mol. The lowest BCUT2D eigenvalue weighted by atomic mass is 10.3. The maximum atomic E-state index is 10.7. The van der Waals surface area contributed by atoms with Gasteiger partial charge in [-0.15, -0.1) is 11.3 Å². The van der Waals surface area contributed by atoms with Gasteiger partial charge < -0.3 is 9.52 Å². The molecule has 0 aliphatic carbocycles. The molecule has 1 N–H and O–H groups in total. The summed E-state index contributed by atoms with van der Waals surface area (Å²) in [4.78, 5) is 15.2. The molecule has 0 aliphatic heterocycles. The van der Waals surface area contributed by atoms with E-state index in [1.54, 1.807) is 12.1 Å². The van der Waals surface area contributed by atoms with Crippen LogP contribution in [0.5, 0.6) is 0 Å². The first-order valence-corrected chi connectivity index (χ1v) is 4.80. The number of hydrogen-bond donors (Lipinski definition) is 1. The number of hydrogen-bond acceptors (Lipinski definition) is 4. The van der Waals surface area contributed by atoms with Crippen molar-refractivity contribution >= 4 is 28.9 Å². The molecule has 0 saturated carbocycles. The molecule has 0 fully saturated rings. The van der Waals surface area contributed by atoms with Crippen molar-refractivity contribution in [2.75, 3.05) is 0 Å². The normalized spacial score (nSPS) is 10.4. The second kappa shape index (κ2) is 3.43. The van der Waals surface area contributed by atoms with Crippen LogP contribution in [-0.2, 0) is 0 Å². The van der Waals surface area contributed by atoms with E-state index < -0.39 is 5.97 Å². The van der Waals surface area contributed by atoms with Crippen LogP contribution in [0.1, 0.15) is 10.6 Å². The molecule has 0 unspecified atom stereocenters. The van der Waals surface area contributed by atoms with Gasteiger partial charge in [-0.1, -0.05) is 11.6 Å². The first-order chi connectivity index (χ1) is 6.68. The highest BCUT2D eigenvalue weighted by atomic mass is 35.5. The molecule has 0 spiro atoms. The quantitative estimate of drug-likeness (QED) is 0.860. The number of oxazole rings is 1. The minimum absolute atomic E-state index is 0.163. The summed E-state index contributed by atoms with van der Waals surface area (Å²) in [5.74, 6) is -1.30. The van der Waals surface area contributed by atoms with Crippen molar-refractivity contribution in [3.8, 4) is 10.6 Å². The van der Waals surface area contributed by atoms with Gasteiger partial charge in [0, 0.05) is 0 Å². The lowest BCUT2D eigenvalue weighted by molar-refractivity contribution is 0.0663. The fourth-order valence-electron chi connectivity index (χ4n) is 1.01. The van der Waals surface area contributed by atoms with E-state index in [-0.39, 0.29) is 5.76 Å². The zero-order valence-corrected chi connectivity index (χ0v) is 8.30. The summed E-state index contributed by atoms with van der Waals surface area (Å²) in [6.45, 7) is 0. The Morgan fingerprint density at radius 3 is 2.93 bits per heavy atom. The summed E-state index contributed by atoms with van der Waals surface area (Å²) in [6.07, 6.45) is 1.10. The lowest BCUT2D eigenvalue weighted by Crippen LogP contribution is -1.95. The van der Waals surface area contributed by atoms with E-state index in [9.17, 15) is 4.79 Å². The third-order valence-corrected chi connectivity index (χ3v) is 2.81. The summed E-state index contributed by atoms with van der Waals surface area (Å²) in [5, 5.41) is 8.76. The smallest absolute Gasteiger partial charge is 0.374 e. The Hall–Kier alpha value is -1.33. The van der Waals surface area contributed by atoms with E-state index in [1.165, 1.54) is 11.3 Å². The average Bonchev–Trinajstić information content (AvgIpc) is 2.70. The van der Waals surface area contributed by atoms with Crippen LogP contribution in [0.2, 0.25) is 4.34 Å². The predicted molar refractivity (Wildman–Crippen MR) is 51.8 cm³/mol. The molecule has 2 aromatic heterocycles.